The number of amides is 3. The Hall–Kier alpha value is -1.59. The average Bonchev–Trinajstić information content (AvgIpc) is 2.38. The average molecular weight is 285 g/mol. The van der Waals surface area contributed by atoms with Gasteiger partial charge in [0.25, 0.3) is 0 Å². The molecule has 0 bridgehead atoms. The van der Waals surface area contributed by atoms with Gasteiger partial charge in [0.05, 0.1) is 6.54 Å². The van der Waals surface area contributed by atoms with Gasteiger partial charge in [0.1, 0.15) is 6.04 Å². The maximum Gasteiger partial charge on any atom is 0.242 e. The quantitative estimate of drug-likeness (QED) is 0.709. The monoisotopic (exact) mass is 285 g/mol. The minimum absolute atomic E-state index is 0.0156. The van der Waals surface area contributed by atoms with Crippen LogP contribution in [-0.4, -0.2) is 54.2 Å². The third kappa shape index (κ3) is 5.19. The molecule has 2 atom stereocenters. The first-order valence-electron chi connectivity index (χ1n) is 7.05. The molecule has 0 radical (unpaired) electrons. The summed E-state index contributed by atoms with van der Waals surface area (Å²) in [5.41, 5.74) is 5.38. The molecule has 3 amide bonds. The Labute approximate surface area is 121 Å². The number of hydrogen-bond donors (Lipinski definition) is 1. The molecule has 2 N–H and O–H groups in total. The van der Waals surface area contributed by atoms with Gasteiger partial charge in [-0.05, 0) is 12.3 Å². The highest BCUT2D eigenvalue weighted by molar-refractivity contribution is 5.89. The Morgan fingerprint density at radius 3 is 2.05 bits per heavy atom. The third-order valence-corrected chi connectivity index (χ3v) is 3.55. The van der Waals surface area contributed by atoms with Gasteiger partial charge in [-0.2, -0.15) is 0 Å². The van der Waals surface area contributed by atoms with Crippen LogP contribution in [0.3, 0.4) is 0 Å². The number of hydrogen-bond acceptors (Lipinski definition) is 3. The first kappa shape index (κ1) is 18.4. The lowest BCUT2D eigenvalue weighted by molar-refractivity contribution is -0.143. The predicted molar refractivity (Wildman–Crippen MR) is 77.8 cm³/mol. The van der Waals surface area contributed by atoms with Crippen LogP contribution in [0.5, 0.6) is 0 Å². The van der Waals surface area contributed by atoms with E-state index in [9.17, 15) is 14.4 Å². The molecular formula is C14H27N3O3. The number of nitrogens with two attached hydrogens (primary N) is 1. The van der Waals surface area contributed by atoms with Crippen molar-refractivity contribution in [3.05, 3.63) is 0 Å². The van der Waals surface area contributed by atoms with Gasteiger partial charge in [0.2, 0.25) is 17.7 Å². The van der Waals surface area contributed by atoms with Gasteiger partial charge in [-0.3, -0.25) is 14.4 Å². The zero-order valence-electron chi connectivity index (χ0n) is 13.2. The summed E-state index contributed by atoms with van der Waals surface area (Å²) in [6.45, 7) is 5.70. The maximum absolute atomic E-state index is 12.2. The van der Waals surface area contributed by atoms with Gasteiger partial charge in [-0.25, -0.2) is 0 Å². The normalized spacial score (nSPS) is 13.4. The minimum Gasteiger partial charge on any atom is -0.368 e. The Balaban J connectivity index is 4.74. The zero-order chi connectivity index (χ0) is 15.9. The highest BCUT2D eigenvalue weighted by Crippen LogP contribution is 2.13. The highest BCUT2D eigenvalue weighted by atomic mass is 16.2. The van der Waals surface area contributed by atoms with Crippen LogP contribution in [0.25, 0.3) is 0 Å². The summed E-state index contributed by atoms with van der Waals surface area (Å²) in [6, 6.07) is -0.637. The van der Waals surface area contributed by atoms with Crippen molar-refractivity contribution in [2.75, 3.05) is 20.6 Å². The number of primary amides is 1. The summed E-state index contributed by atoms with van der Waals surface area (Å²) >= 11 is 0. The van der Waals surface area contributed by atoms with Crippen molar-refractivity contribution in [2.24, 2.45) is 11.7 Å². The van der Waals surface area contributed by atoms with Crippen molar-refractivity contribution in [1.29, 1.82) is 0 Å². The minimum atomic E-state index is -0.637. The number of carbonyl (C=O) groups excluding carboxylic acids is 3. The number of rotatable bonds is 8. The van der Waals surface area contributed by atoms with E-state index in [0.29, 0.717) is 6.42 Å². The molecule has 1 unspecified atom stereocenters. The molecule has 20 heavy (non-hydrogen) atoms. The van der Waals surface area contributed by atoms with Gasteiger partial charge in [-0.1, -0.05) is 27.2 Å². The van der Waals surface area contributed by atoms with Crippen LogP contribution in [-0.2, 0) is 14.4 Å². The van der Waals surface area contributed by atoms with Crippen LogP contribution < -0.4 is 5.73 Å². The van der Waals surface area contributed by atoms with Crippen molar-refractivity contribution in [2.45, 2.75) is 46.1 Å². The molecule has 0 aromatic rings. The van der Waals surface area contributed by atoms with Gasteiger partial charge in [0, 0.05) is 20.5 Å². The second-order valence-corrected chi connectivity index (χ2v) is 5.24. The van der Waals surface area contributed by atoms with Crippen LogP contribution >= 0.6 is 0 Å². The molecule has 0 fully saturated rings. The Bertz CT molecular complexity index is 358. The maximum atomic E-state index is 12.2. The molecule has 0 saturated carbocycles. The smallest absolute Gasteiger partial charge is 0.242 e. The second kappa shape index (κ2) is 8.55. The van der Waals surface area contributed by atoms with Crippen molar-refractivity contribution in [3.63, 3.8) is 0 Å². The number of likely N-dealkylation sites (N-methyl/N-ethyl adjacent to an activating group) is 2. The number of carbonyl (C=O) groups is 3. The zero-order valence-corrected chi connectivity index (χ0v) is 13.2. The molecule has 0 aromatic heterocycles. The summed E-state index contributed by atoms with van der Waals surface area (Å²) in [7, 11) is 3.15. The summed E-state index contributed by atoms with van der Waals surface area (Å²) in [5.74, 6) is -0.884. The Kier molecular flexibility index (Phi) is 7.87. The van der Waals surface area contributed by atoms with Crippen LogP contribution in [0.1, 0.15) is 40.0 Å². The fourth-order valence-corrected chi connectivity index (χ4v) is 2.04. The van der Waals surface area contributed by atoms with Crippen LogP contribution in [0, 0.1) is 5.92 Å². The first-order valence-corrected chi connectivity index (χ1v) is 7.05. The van der Waals surface area contributed by atoms with Crippen LogP contribution in [0.4, 0.5) is 0 Å². The van der Waals surface area contributed by atoms with Gasteiger partial charge in [-0.15, -0.1) is 0 Å². The Morgan fingerprint density at radius 1 is 1.10 bits per heavy atom. The summed E-state index contributed by atoms with van der Waals surface area (Å²) in [4.78, 5) is 38.1. The molecule has 0 aromatic carbocycles. The lowest BCUT2D eigenvalue weighted by Gasteiger charge is -2.31. The fraction of sp³-hybridized carbons (Fsp3) is 0.786. The summed E-state index contributed by atoms with van der Waals surface area (Å²) in [6.07, 6.45) is 1.90. The van der Waals surface area contributed by atoms with Gasteiger partial charge in [0.15, 0.2) is 0 Å². The predicted octanol–water partition coefficient (Wildman–Crippen LogP) is 0.603. The van der Waals surface area contributed by atoms with E-state index in [1.807, 2.05) is 20.8 Å². The van der Waals surface area contributed by atoms with Crippen molar-refractivity contribution in [1.82, 2.24) is 9.80 Å². The largest absolute Gasteiger partial charge is 0.368 e. The molecule has 0 aliphatic rings. The molecule has 0 rings (SSSR count). The van der Waals surface area contributed by atoms with Gasteiger partial charge < -0.3 is 15.5 Å². The number of nitrogens with zero attached hydrogens (tertiary/aromatic N) is 2. The van der Waals surface area contributed by atoms with E-state index < -0.39 is 11.9 Å². The topological polar surface area (TPSA) is 83.7 Å². The van der Waals surface area contributed by atoms with Crippen molar-refractivity contribution in [3.8, 4) is 0 Å². The second-order valence-electron chi connectivity index (χ2n) is 5.24. The lowest BCUT2D eigenvalue weighted by atomic mass is 9.97. The molecule has 0 saturated heterocycles. The van der Waals surface area contributed by atoms with Crippen LogP contribution in [0.15, 0.2) is 0 Å². The SMILES string of the molecule is CCCC(=O)N(C)CC(=O)N(C)[C@H](C(N)=O)C(C)CC. The van der Waals surface area contributed by atoms with E-state index in [-0.39, 0.29) is 24.3 Å². The van der Waals surface area contributed by atoms with E-state index in [4.69, 9.17) is 5.73 Å². The molecular weight excluding hydrogens is 258 g/mol. The Morgan fingerprint density at radius 2 is 1.65 bits per heavy atom. The molecule has 6 nitrogen and oxygen atoms in total. The van der Waals surface area contributed by atoms with E-state index >= 15 is 0 Å². The van der Waals surface area contributed by atoms with Crippen molar-refractivity contribution >= 4 is 17.7 Å². The molecule has 0 heterocycles. The standard InChI is InChI=1S/C14H27N3O3/c1-6-8-11(18)16(4)9-12(19)17(5)13(14(15)20)10(3)7-2/h10,13H,6-9H2,1-5H3,(H2,15,20)/t10?,13-/m0/s1. The highest BCUT2D eigenvalue weighted by Gasteiger charge is 2.30. The first-order chi connectivity index (χ1) is 9.26. The molecule has 116 valence electrons. The van der Waals surface area contributed by atoms with Crippen LogP contribution in [0.2, 0.25) is 0 Å². The van der Waals surface area contributed by atoms with E-state index in [1.54, 1.807) is 14.1 Å². The molecule has 0 aliphatic carbocycles. The third-order valence-electron chi connectivity index (χ3n) is 3.55. The summed E-state index contributed by atoms with van der Waals surface area (Å²) < 4.78 is 0. The van der Waals surface area contributed by atoms with E-state index in [1.165, 1.54) is 9.80 Å². The van der Waals surface area contributed by atoms with Gasteiger partial charge >= 0.3 is 0 Å². The molecule has 6 heteroatoms. The van der Waals surface area contributed by atoms with E-state index in [0.717, 1.165) is 12.8 Å². The molecule has 0 spiro atoms. The lowest BCUT2D eigenvalue weighted by Crippen LogP contribution is -2.52. The molecule has 0 aliphatic heterocycles. The van der Waals surface area contributed by atoms with E-state index in [2.05, 4.69) is 0 Å². The summed E-state index contributed by atoms with van der Waals surface area (Å²) in [5, 5.41) is 0. The fourth-order valence-electron chi connectivity index (χ4n) is 2.04. The van der Waals surface area contributed by atoms with Crippen molar-refractivity contribution < 1.29 is 14.4 Å².